The average molecular weight is 225 g/mol. The Morgan fingerprint density at radius 2 is 2.20 bits per heavy atom. The van der Waals surface area contributed by atoms with Crippen LogP contribution in [0.1, 0.15) is 24.4 Å². The summed E-state index contributed by atoms with van der Waals surface area (Å²) < 4.78 is 15.4. The molecule has 1 heterocycles. The zero-order valence-corrected chi connectivity index (χ0v) is 9.05. The van der Waals surface area contributed by atoms with E-state index in [0.29, 0.717) is 16.9 Å². The van der Waals surface area contributed by atoms with Gasteiger partial charge in [-0.3, -0.25) is 0 Å². The number of halogens is 2. The van der Waals surface area contributed by atoms with Gasteiger partial charge < -0.3 is 4.57 Å². The topological polar surface area (TPSA) is 17.8 Å². The molecule has 4 heteroatoms. The van der Waals surface area contributed by atoms with Gasteiger partial charge in [0.15, 0.2) is 0 Å². The molecule has 0 spiro atoms. The minimum absolute atomic E-state index is 0.194. The van der Waals surface area contributed by atoms with Gasteiger partial charge in [-0.1, -0.05) is 0 Å². The van der Waals surface area contributed by atoms with Crippen molar-refractivity contribution in [2.24, 2.45) is 0 Å². The maximum absolute atomic E-state index is 13.4. The third kappa shape index (κ3) is 1.34. The summed E-state index contributed by atoms with van der Waals surface area (Å²) in [6, 6.07) is 3.70. The Bertz CT molecular complexity index is 543. The molecule has 78 valence electrons. The summed E-state index contributed by atoms with van der Waals surface area (Å²) >= 11 is 6.04. The molecule has 1 fully saturated rings. The van der Waals surface area contributed by atoms with Crippen LogP contribution >= 0.6 is 11.6 Å². The van der Waals surface area contributed by atoms with Crippen molar-refractivity contribution in [2.45, 2.75) is 25.8 Å². The van der Waals surface area contributed by atoms with Crippen LogP contribution in [0.5, 0.6) is 0 Å². The van der Waals surface area contributed by atoms with Gasteiger partial charge in [-0.15, -0.1) is 0 Å². The van der Waals surface area contributed by atoms with Gasteiger partial charge in [0, 0.05) is 12.1 Å². The smallest absolute Gasteiger partial charge is 0.204 e. The van der Waals surface area contributed by atoms with Crippen molar-refractivity contribution < 1.29 is 4.39 Å². The normalized spacial score (nSPS) is 16.2. The summed E-state index contributed by atoms with van der Waals surface area (Å²) in [5.74, 6) is -0.194. The molecule has 3 rings (SSSR count). The molecule has 1 aliphatic carbocycles. The highest BCUT2D eigenvalue weighted by Crippen LogP contribution is 2.40. The van der Waals surface area contributed by atoms with E-state index in [4.69, 9.17) is 11.6 Å². The van der Waals surface area contributed by atoms with E-state index in [1.165, 1.54) is 6.07 Å². The summed E-state index contributed by atoms with van der Waals surface area (Å²) in [5, 5.41) is 0.470. The van der Waals surface area contributed by atoms with Crippen LogP contribution in [-0.2, 0) is 0 Å². The van der Waals surface area contributed by atoms with Gasteiger partial charge >= 0.3 is 0 Å². The first-order valence-electron chi connectivity index (χ1n) is 5.00. The molecule has 15 heavy (non-hydrogen) atoms. The van der Waals surface area contributed by atoms with Crippen molar-refractivity contribution in [3.63, 3.8) is 0 Å². The van der Waals surface area contributed by atoms with Crippen LogP contribution in [0, 0.1) is 12.7 Å². The highest BCUT2D eigenvalue weighted by atomic mass is 35.5. The van der Waals surface area contributed by atoms with E-state index >= 15 is 0 Å². The number of rotatable bonds is 1. The molecule has 0 saturated heterocycles. The van der Waals surface area contributed by atoms with E-state index in [9.17, 15) is 4.39 Å². The average Bonchev–Trinajstić information content (AvgIpc) is 2.93. The molecule has 0 N–H and O–H groups in total. The molecule has 0 radical (unpaired) electrons. The lowest BCUT2D eigenvalue weighted by atomic mass is 10.2. The molecule has 1 aromatic heterocycles. The van der Waals surface area contributed by atoms with Crippen LogP contribution in [0.3, 0.4) is 0 Å². The van der Waals surface area contributed by atoms with Crippen LogP contribution in [0.4, 0.5) is 4.39 Å². The van der Waals surface area contributed by atoms with E-state index in [0.717, 1.165) is 23.9 Å². The fourth-order valence-electron chi connectivity index (χ4n) is 1.87. The molecule has 1 aliphatic rings. The first kappa shape index (κ1) is 9.16. The highest BCUT2D eigenvalue weighted by Gasteiger charge is 2.27. The monoisotopic (exact) mass is 224 g/mol. The summed E-state index contributed by atoms with van der Waals surface area (Å²) in [6.45, 7) is 1.73. The first-order chi connectivity index (χ1) is 7.16. The highest BCUT2D eigenvalue weighted by molar-refractivity contribution is 6.29. The van der Waals surface area contributed by atoms with Crippen molar-refractivity contribution in [1.82, 2.24) is 9.55 Å². The van der Waals surface area contributed by atoms with Gasteiger partial charge in [0.2, 0.25) is 5.28 Å². The maximum Gasteiger partial charge on any atom is 0.204 e. The Balaban J connectivity index is 2.34. The standard InChI is InChI=1S/C11H10ClFN2/c1-6-4-9-10(5-8(6)13)15(7-2-3-7)11(12)14-9/h4-5,7H,2-3H2,1H3. The summed E-state index contributed by atoms with van der Waals surface area (Å²) in [4.78, 5) is 4.24. The Morgan fingerprint density at radius 3 is 2.87 bits per heavy atom. The molecular formula is C11H10ClFN2. The Hall–Kier alpha value is -1.09. The van der Waals surface area contributed by atoms with Crippen molar-refractivity contribution >= 4 is 22.6 Å². The van der Waals surface area contributed by atoms with E-state index < -0.39 is 0 Å². The van der Waals surface area contributed by atoms with Crippen molar-refractivity contribution in [2.75, 3.05) is 0 Å². The largest absolute Gasteiger partial charge is 0.311 e. The lowest BCUT2D eigenvalue weighted by Gasteiger charge is -2.03. The number of imidazole rings is 1. The van der Waals surface area contributed by atoms with Crippen LogP contribution in [0.15, 0.2) is 12.1 Å². The number of fused-ring (bicyclic) bond motifs is 1. The third-order valence-electron chi connectivity index (χ3n) is 2.84. The molecule has 0 aliphatic heterocycles. The minimum Gasteiger partial charge on any atom is -0.311 e. The number of nitrogens with zero attached hydrogens (tertiary/aromatic N) is 2. The van der Waals surface area contributed by atoms with Crippen LogP contribution < -0.4 is 0 Å². The number of hydrogen-bond donors (Lipinski definition) is 0. The quantitative estimate of drug-likeness (QED) is 0.725. The predicted molar refractivity (Wildman–Crippen MR) is 57.7 cm³/mol. The molecule has 1 saturated carbocycles. The number of hydrogen-bond acceptors (Lipinski definition) is 1. The van der Waals surface area contributed by atoms with Crippen LogP contribution in [0.25, 0.3) is 11.0 Å². The van der Waals surface area contributed by atoms with Crippen molar-refractivity contribution in [3.8, 4) is 0 Å². The summed E-state index contributed by atoms with van der Waals surface area (Å²) in [5.41, 5.74) is 2.20. The third-order valence-corrected chi connectivity index (χ3v) is 3.11. The Labute approximate surface area is 91.7 Å². The zero-order valence-electron chi connectivity index (χ0n) is 8.30. The fourth-order valence-corrected chi connectivity index (χ4v) is 2.19. The number of aromatic nitrogens is 2. The summed E-state index contributed by atoms with van der Waals surface area (Å²) in [6.07, 6.45) is 2.22. The maximum atomic E-state index is 13.4. The second-order valence-electron chi connectivity index (χ2n) is 4.07. The van der Waals surface area contributed by atoms with E-state index in [1.54, 1.807) is 13.0 Å². The lowest BCUT2D eigenvalue weighted by Crippen LogP contribution is -1.94. The molecule has 1 aromatic carbocycles. The molecule has 0 atom stereocenters. The summed E-state index contributed by atoms with van der Waals surface area (Å²) in [7, 11) is 0. The SMILES string of the molecule is Cc1cc2nc(Cl)n(C3CC3)c2cc1F. The van der Waals surface area contributed by atoms with Crippen molar-refractivity contribution in [1.29, 1.82) is 0 Å². The molecule has 2 nitrogen and oxygen atoms in total. The van der Waals surface area contributed by atoms with Crippen molar-refractivity contribution in [3.05, 3.63) is 28.8 Å². The first-order valence-corrected chi connectivity index (χ1v) is 5.38. The van der Waals surface area contributed by atoms with Gasteiger partial charge in [0.05, 0.1) is 11.0 Å². The van der Waals surface area contributed by atoms with E-state index in [1.807, 2.05) is 4.57 Å². The minimum atomic E-state index is -0.194. The predicted octanol–water partition coefficient (Wildman–Crippen LogP) is 3.47. The number of aryl methyl sites for hydroxylation is 1. The molecule has 2 aromatic rings. The van der Waals surface area contributed by atoms with Gasteiger partial charge in [0.25, 0.3) is 0 Å². The van der Waals surface area contributed by atoms with E-state index in [-0.39, 0.29) is 5.82 Å². The van der Waals surface area contributed by atoms with E-state index in [2.05, 4.69) is 4.98 Å². The van der Waals surface area contributed by atoms with Gasteiger partial charge in [-0.2, -0.15) is 0 Å². The molecule has 0 bridgehead atoms. The fraction of sp³-hybridized carbons (Fsp3) is 0.364. The van der Waals surface area contributed by atoms with Gasteiger partial charge in [0.1, 0.15) is 5.82 Å². The van der Waals surface area contributed by atoms with Crippen LogP contribution in [-0.4, -0.2) is 9.55 Å². The Kier molecular flexibility index (Phi) is 1.80. The second kappa shape index (κ2) is 2.95. The Morgan fingerprint density at radius 1 is 1.47 bits per heavy atom. The van der Waals surface area contributed by atoms with Crippen LogP contribution in [0.2, 0.25) is 5.28 Å². The molecule has 0 amide bonds. The number of benzene rings is 1. The second-order valence-corrected chi connectivity index (χ2v) is 4.41. The zero-order chi connectivity index (χ0) is 10.6. The van der Waals surface area contributed by atoms with Gasteiger partial charge in [-0.25, -0.2) is 9.37 Å². The molecular weight excluding hydrogens is 215 g/mol. The van der Waals surface area contributed by atoms with Gasteiger partial charge in [-0.05, 0) is 43.0 Å². The molecule has 0 unspecified atom stereocenters. The lowest BCUT2D eigenvalue weighted by molar-refractivity contribution is 0.619.